The Morgan fingerprint density at radius 2 is 2.00 bits per heavy atom. The summed E-state index contributed by atoms with van der Waals surface area (Å²) in [5.74, 6) is -0.780. The van der Waals surface area contributed by atoms with Gasteiger partial charge >= 0.3 is 12.0 Å². The number of nitrogens with zero attached hydrogens (tertiary/aromatic N) is 1. The molecule has 19 heavy (non-hydrogen) atoms. The first-order chi connectivity index (χ1) is 8.89. The molecular formula is C13H24N2O4. The molecule has 0 aliphatic carbocycles. The number of hydrogen-bond acceptors (Lipinski definition) is 3. The number of likely N-dealkylation sites (tertiary alicyclic amines) is 1. The van der Waals surface area contributed by atoms with E-state index in [1.165, 1.54) is 0 Å². The third kappa shape index (κ3) is 4.38. The van der Waals surface area contributed by atoms with E-state index in [4.69, 9.17) is 9.84 Å². The van der Waals surface area contributed by atoms with Crippen LogP contribution in [-0.2, 0) is 9.53 Å². The van der Waals surface area contributed by atoms with Crippen LogP contribution >= 0.6 is 0 Å². The molecule has 1 heterocycles. The highest BCUT2D eigenvalue weighted by Gasteiger charge is 2.38. The van der Waals surface area contributed by atoms with E-state index in [-0.39, 0.29) is 12.1 Å². The molecule has 1 aliphatic rings. The summed E-state index contributed by atoms with van der Waals surface area (Å²) in [5, 5.41) is 12.0. The quantitative estimate of drug-likeness (QED) is 0.791. The zero-order chi connectivity index (χ0) is 14.5. The van der Waals surface area contributed by atoms with Crippen LogP contribution in [-0.4, -0.2) is 54.4 Å². The zero-order valence-corrected chi connectivity index (χ0v) is 11.9. The predicted octanol–water partition coefficient (Wildman–Crippen LogP) is 1.31. The Morgan fingerprint density at radius 1 is 1.42 bits per heavy atom. The maximum absolute atomic E-state index is 12.0. The fourth-order valence-electron chi connectivity index (χ4n) is 2.06. The van der Waals surface area contributed by atoms with E-state index in [1.807, 2.05) is 13.8 Å². The van der Waals surface area contributed by atoms with Crippen LogP contribution in [0.5, 0.6) is 0 Å². The molecule has 1 atom stereocenters. The lowest BCUT2D eigenvalue weighted by Crippen LogP contribution is -2.51. The molecule has 0 radical (unpaired) electrons. The number of piperidine rings is 1. The number of rotatable bonds is 5. The molecule has 1 aliphatic heterocycles. The van der Waals surface area contributed by atoms with Gasteiger partial charge in [-0.25, -0.2) is 4.79 Å². The second-order valence-corrected chi connectivity index (χ2v) is 5.36. The van der Waals surface area contributed by atoms with Crippen molar-refractivity contribution in [1.29, 1.82) is 0 Å². The lowest BCUT2D eigenvalue weighted by Gasteiger charge is -2.36. The maximum atomic E-state index is 12.0. The molecule has 1 fully saturated rings. The van der Waals surface area contributed by atoms with Crippen LogP contribution in [0.3, 0.4) is 0 Å². The Hall–Kier alpha value is -1.30. The number of carboxylic acids is 1. The number of carbonyl (C=O) groups is 2. The largest absolute Gasteiger partial charge is 0.481 e. The van der Waals surface area contributed by atoms with Gasteiger partial charge < -0.3 is 20.1 Å². The van der Waals surface area contributed by atoms with Gasteiger partial charge in [-0.3, -0.25) is 4.79 Å². The predicted molar refractivity (Wildman–Crippen MR) is 71.0 cm³/mol. The third-order valence-corrected chi connectivity index (χ3v) is 3.61. The average Bonchev–Trinajstić information content (AvgIpc) is 2.36. The molecular weight excluding hydrogens is 248 g/mol. The van der Waals surface area contributed by atoms with Gasteiger partial charge in [-0.05, 0) is 33.6 Å². The van der Waals surface area contributed by atoms with Crippen LogP contribution in [0.4, 0.5) is 4.79 Å². The Kier molecular flexibility index (Phi) is 5.60. The first-order valence-corrected chi connectivity index (χ1v) is 6.75. The number of hydrogen-bond donors (Lipinski definition) is 2. The normalized spacial score (nSPS) is 19.8. The molecule has 1 saturated heterocycles. The second-order valence-electron chi connectivity index (χ2n) is 5.36. The molecule has 2 N–H and O–H groups in total. The van der Waals surface area contributed by atoms with Gasteiger partial charge in [0, 0.05) is 19.7 Å². The summed E-state index contributed by atoms with van der Waals surface area (Å²) >= 11 is 0. The molecule has 1 rings (SSSR count). The first kappa shape index (κ1) is 15.8. The van der Waals surface area contributed by atoms with E-state index in [0.717, 1.165) is 0 Å². The van der Waals surface area contributed by atoms with Crippen molar-refractivity contribution in [2.75, 3.05) is 26.3 Å². The van der Waals surface area contributed by atoms with E-state index in [1.54, 1.807) is 11.8 Å². The van der Waals surface area contributed by atoms with Gasteiger partial charge in [0.25, 0.3) is 0 Å². The molecule has 0 aromatic heterocycles. The number of carboxylic acid groups (broad SMARTS) is 1. The van der Waals surface area contributed by atoms with Crippen LogP contribution in [0.15, 0.2) is 0 Å². The minimum Gasteiger partial charge on any atom is -0.481 e. The highest BCUT2D eigenvalue weighted by Crippen LogP contribution is 2.30. The SMILES string of the molecule is CCOCC(C)NC(=O)N1CCC(C)(C(=O)O)CC1. The topological polar surface area (TPSA) is 78.9 Å². The standard InChI is InChI=1S/C13H24N2O4/c1-4-19-9-10(2)14-12(18)15-7-5-13(3,6-8-15)11(16)17/h10H,4-9H2,1-3H3,(H,14,18)(H,16,17). The molecule has 0 aromatic rings. The number of urea groups is 1. The monoisotopic (exact) mass is 272 g/mol. The van der Waals surface area contributed by atoms with Crippen molar-refractivity contribution >= 4 is 12.0 Å². The second kappa shape index (κ2) is 6.75. The van der Waals surface area contributed by atoms with Gasteiger partial charge in [0.05, 0.1) is 18.1 Å². The molecule has 6 nitrogen and oxygen atoms in total. The van der Waals surface area contributed by atoms with Crippen molar-refractivity contribution in [1.82, 2.24) is 10.2 Å². The van der Waals surface area contributed by atoms with Crippen molar-refractivity contribution in [2.45, 2.75) is 39.7 Å². The van der Waals surface area contributed by atoms with Crippen LogP contribution in [0, 0.1) is 5.41 Å². The minimum absolute atomic E-state index is 0.0415. The van der Waals surface area contributed by atoms with Crippen LogP contribution in [0.1, 0.15) is 33.6 Å². The van der Waals surface area contributed by atoms with E-state index in [9.17, 15) is 9.59 Å². The van der Waals surface area contributed by atoms with E-state index >= 15 is 0 Å². The molecule has 0 spiro atoms. The Balaban J connectivity index is 2.38. The van der Waals surface area contributed by atoms with Gasteiger partial charge in [0.2, 0.25) is 0 Å². The maximum Gasteiger partial charge on any atom is 0.317 e. The summed E-state index contributed by atoms with van der Waals surface area (Å²) in [7, 11) is 0. The van der Waals surface area contributed by atoms with Gasteiger partial charge in [0.1, 0.15) is 0 Å². The van der Waals surface area contributed by atoms with Crippen LogP contribution in [0.2, 0.25) is 0 Å². The van der Waals surface area contributed by atoms with Crippen LogP contribution < -0.4 is 5.32 Å². The van der Waals surface area contributed by atoms with E-state index in [2.05, 4.69) is 5.32 Å². The molecule has 2 amide bonds. The number of nitrogens with one attached hydrogen (secondary N) is 1. The van der Waals surface area contributed by atoms with Gasteiger partial charge in [0.15, 0.2) is 0 Å². The fraction of sp³-hybridized carbons (Fsp3) is 0.846. The van der Waals surface area contributed by atoms with Gasteiger partial charge in [-0.1, -0.05) is 0 Å². The lowest BCUT2D eigenvalue weighted by molar-refractivity contribution is -0.150. The van der Waals surface area contributed by atoms with Crippen molar-refractivity contribution in [3.63, 3.8) is 0 Å². The van der Waals surface area contributed by atoms with E-state index in [0.29, 0.717) is 39.1 Å². The summed E-state index contributed by atoms with van der Waals surface area (Å²) in [4.78, 5) is 24.8. The summed E-state index contributed by atoms with van der Waals surface area (Å²) in [6.45, 7) is 7.61. The smallest absolute Gasteiger partial charge is 0.317 e. The van der Waals surface area contributed by atoms with Crippen molar-refractivity contribution in [3.05, 3.63) is 0 Å². The molecule has 1 unspecified atom stereocenters. The first-order valence-electron chi connectivity index (χ1n) is 6.75. The summed E-state index contributed by atoms with van der Waals surface area (Å²) in [5.41, 5.74) is -0.701. The Labute approximate surface area is 114 Å². The number of carbonyl (C=O) groups excluding carboxylic acids is 1. The van der Waals surface area contributed by atoms with E-state index < -0.39 is 11.4 Å². The fourth-order valence-corrected chi connectivity index (χ4v) is 2.06. The van der Waals surface area contributed by atoms with Gasteiger partial charge in [-0.2, -0.15) is 0 Å². The highest BCUT2D eigenvalue weighted by molar-refractivity contribution is 5.77. The molecule has 0 aromatic carbocycles. The average molecular weight is 272 g/mol. The summed E-state index contributed by atoms with van der Waals surface area (Å²) in [6.07, 6.45) is 0.991. The van der Waals surface area contributed by atoms with Gasteiger partial charge in [-0.15, -0.1) is 0 Å². The Bertz CT molecular complexity index is 325. The minimum atomic E-state index is -0.780. The molecule has 0 bridgehead atoms. The number of ether oxygens (including phenoxy) is 1. The van der Waals surface area contributed by atoms with Crippen molar-refractivity contribution < 1.29 is 19.4 Å². The third-order valence-electron chi connectivity index (χ3n) is 3.61. The molecule has 110 valence electrons. The molecule has 6 heteroatoms. The highest BCUT2D eigenvalue weighted by atomic mass is 16.5. The zero-order valence-electron chi connectivity index (χ0n) is 11.9. The van der Waals surface area contributed by atoms with Crippen molar-refractivity contribution in [3.8, 4) is 0 Å². The number of aliphatic carboxylic acids is 1. The summed E-state index contributed by atoms with van der Waals surface area (Å²) < 4.78 is 5.24. The van der Waals surface area contributed by atoms with Crippen molar-refractivity contribution in [2.24, 2.45) is 5.41 Å². The summed E-state index contributed by atoms with van der Waals surface area (Å²) in [6, 6.07) is -0.181. The number of amides is 2. The van der Waals surface area contributed by atoms with Crippen LogP contribution in [0.25, 0.3) is 0 Å². The Morgan fingerprint density at radius 3 is 2.47 bits per heavy atom. The molecule has 0 saturated carbocycles. The lowest BCUT2D eigenvalue weighted by atomic mass is 9.80.